The molecule has 9 nitrogen and oxygen atoms in total. The van der Waals surface area contributed by atoms with Gasteiger partial charge in [-0.2, -0.15) is 0 Å². The van der Waals surface area contributed by atoms with E-state index in [1.54, 1.807) is 0 Å². The average molecular weight is 237 g/mol. The zero-order valence-corrected chi connectivity index (χ0v) is 8.08. The minimum atomic E-state index is -1.22. The molecule has 0 rings (SSSR count). The largest absolute Gasteiger partial charge is 0.554 e. The van der Waals surface area contributed by atoms with Gasteiger partial charge in [-0.05, 0) is 0 Å². The fourth-order valence-electron chi connectivity index (χ4n) is 0.829. The molecule has 0 saturated carbocycles. The predicted octanol–water partition coefficient (Wildman–Crippen LogP) is -4.51. The number of rotatable bonds is 6. The normalized spacial score (nSPS) is 8.81. The van der Waals surface area contributed by atoms with E-state index in [-0.39, 0.29) is 4.90 Å². The lowest BCUT2D eigenvalue weighted by Crippen LogP contribution is -3.14. The monoisotopic (exact) mass is 237 g/mol. The van der Waals surface area contributed by atoms with Crippen molar-refractivity contribution < 1.29 is 44.5 Å². The summed E-state index contributed by atoms with van der Waals surface area (Å²) in [6.07, 6.45) is 0. The Morgan fingerprint density at radius 2 is 1.12 bits per heavy atom. The van der Waals surface area contributed by atoms with E-state index in [0.29, 0.717) is 0 Å². The number of nitrogens with one attached hydrogen (secondary N) is 1. The van der Waals surface area contributed by atoms with Crippen LogP contribution >= 0.6 is 0 Å². The molecule has 0 fully saturated rings. The highest BCUT2D eigenvalue weighted by molar-refractivity contribution is 5.72. The Labute approximate surface area is 89.5 Å². The number of carboxylic acids is 3. The summed E-state index contributed by atoms with van der Waals surface area (Å²) in [5, 5.41) is 33.2. The third-order valence-corrected chi connectivity index (χ3v) is 1.20. The smallest absolute Gasteiger partial charge is 0.359 e. The van der Waals surface area contributed by atoms with Crippen molar-refractivity contribution in [3.63, 3.8) is 0 Å². The van der Waals surface area contributed by atoms with Gasteiger partial charge in [-0.3, -0.25) is 0 Å². The Morgan fingerprint density at radius 3 is 1.25 bits per heavy atom. The Morgan fingerprint density at radius 1 is 0.938 bits per heavy atom. The first-order valence-corrected chi connectivity index (χ1v) is 3.88. The van der Waals surface area contributed by atoms with Crippen molar-refractivity contribution in [1.82, 2.24) is 0 Å². The number of aliphatic carboxylic acids is 3. The van der Waals surface area contributed by atoms with Crippen LogP contribution in [0.1, 0.15) is 0 Å². The summed E-state index contributed by atoms with van der Waals surface area (Å²) in [6.45, 7) is -2.05. The maximum absolute atomic E-state index is 10.2. The molecular weight excluding hydrogens is 226 g/mol. The molecule has 0 aromatic rings. The standard InChI is InChI=1S/C6H9NO6.CH2O2/c8-4(9)1-7(2-5(10)11)3-6(12)13;2-1-3/h1-3H2,(H,8,9)(H,10,11)(H,12,13);1H,(H,2,3). The third-order valence-electron chi connectivity index (χ3n) is 1.20. The van der Waals surface area contributed by atoms with Crippen LogP contribution in [0.25, 0.3) is 0 Å². The first kappa shape index (κ1) is 16.3. The van der Waals surface area contributed by atoms with Gasteiger partial charge in [0.2, 0.25) is 0 Å². The zero-order valence-electron chi connectivity index (χ0n) is 8.08. The van der Waals surface area contributed by atoms with Crippen molar-refractivity contribution in [3.05, 3.63) is 0 Å². The first-order chi connectivity index (χ1) is 7.33. The SMILES string of the molecule is O=C(O)C[NH+](CC(=O)O)CC(=O)O.O=C[O-]. The highest BCUT2D eigenvalue weighted by Crippen LogP contribution is 1.60. The molecule has 0 aromatic heterocycles. The molecule has 0 aromatic carbocycles. The van der Waals surface area contributed by atoms with Crippen LogP contribution < -0.4 is 10.0 Å². The molecule has 0 atom stereocenters. The maximum Gasteiger partial charge on any atom is 0.359 e. The second-order valence-electron chi connectivity index (χ2n) is 2.56. The maximum atomic E-state index is 10.2. The fourth-order valence-corrected chi connectivity index (χ4v) is 0.829. The molecule has 9 heteroatoms. The van der Waals surface area contributed by atoms with Crippen LogP contribution in [0.3, 0.4) is 0 Å². The predicted molar refractivity (Wildman–Crippen MR) is 44.5 cm³/mol. The number of hydrogen-bond acceptors (Lipinski definition) is 5. The Balaban J connectivity index is 0. The van der Waals surface area contributed by atoms with Crippen molar-refractivity contribution in [1.29, 1.82) is 0 Å². The molecule has 92 valence electrons. The van der Waals surface area contributed by atoms with Gasteiger partial charge in [0, 0.05) is 6.47 Å². The number of quaternary nitrogens is 1. The third kappa shape index (κ3) is 14.4. The molecule has 4 N–H and O–H groups in total. The van der Waals surface area contributed by atoms with Gasteiger partial charge in [-0.15, -0.1) is 0 Å². The topological polar surface area (TPSA) is 156 Å². The summed E-state index contributed by atoms with van der Waals surface area (Å²) in [5.41, 5.74) is 0. The highest BCUT2D eigenvalue weighted by Gasteiger charge is 2.19. The highest BCUT2D eigenvalue weighted by atomic mass is 16.4. The Kier molecular flexibility index (Phi) is 9.56. The van der Waals surface area contributed by atoms with Crippen LogP contribution in [0, 0.1) is 0 Å². The number of carbonyl (C=O) groups is 4. The van der Waals surface area contributed by atoms with Gasteiger partial charge in [0.15, 0.2) is 19.6 Å². The van der Waals surface area contributed by atoms with Crippen molar-refractivity contribution in [2.75, 3.05) is 19.6 Å². The van der Waals surface area contributed by atoms with Gasteiger partial charge < -0.3 is 30.1 Å². The number of carboxylic acid groups (broad SMARTS) is 4. The molecule has 0 heterocycles. The van der Waals surface area contributed by atoms with E-state index < -0.39 is 44.0 Å². The number of hydrogen-bond donors (Lipinski definition) is 4. The summed E-state index contributed by atoms with van der Waals surface area (Å²) >= 11 is 0. The van der Waals surface area contributed by atoms with Crippen LogP contribution in [-0.4, -0.2) is 59.3 Å². The van der Waals surface area contributed by atoms with Crippen LogP contribution in [0.4, 0.5) is 0 Å². The van der Waals surface area contributed by atoms with Crippen molar-refractivity contribution >= 4 is 24.4 Å². The summed E-state index contributed by atoms with van der Waals surface area (Å²) in [4.78, 5) is 38.7. The molecule has 0 spiro atoms. The van der Waals surface area contributed by atoms with E-state index in [9.17, 15) is 14.4 Å². The Hall–Kier alpha value is -2.16. The van der Waals surface area contributed by atoms with E-state index in [1.807, 2.05) is 0 Å². The van der Waals surface area contributed by atoms with Crippen LogP contribution in [0.2, 0.25) is 0 Å². The lowest BCUT2D eigenvalue weighted by atomic mass is 10.4. The van der Waals surface area contributed by atoms with Crippen molar-refractivity contribution in [2.24, 2.45) is 0 Å². The molecule has 0 radical (unpaired) electrons. The van der Waals surface area contributed by atoms with Gasteiger partial charge in [0.1, 0.15) is 0 Å². The van der Waals surface area contributed by atoms with Crippen LogP contribution in [-0.2, 0) is 19.2 Å². The molecule has 0 unspecified atom stereocenters. The lowest BCUT2D eigenvalue weighted by molar-refractivity contribution is -0.877. The van der Waals surface area contributed by atoms with E-state index in [2.05, 4.69) is 0 Å². The van der Waals surface area contributed by atoms with E-state index >= 15 is 0 Å². The zero-order chi connectivity index (χ0) is 13.1. The molecule has 0 saturated heterocycles. The molecule has 16 heavy (non-hydrogen) atoms. The lowest BCUT2D eigenvalue weighted by Gasteiger charge is -2.11. The molecule has 0 aliphatic heterocycles. The summed E-state index contributed by atoms with van der Waals surface area (Å²) in [5.74, 6) is -3.67. The van der Waals surface area contributed by atoms with E-state index in [4.69, 9.17) is 25.2 Å². The van der Waals surface area contributed by atoms with E-state index in [1.165, 1.54) is 0 Å². The summed E-state index contributed by atoms with van der Waals surface area (Å²) in [7, 11) is 0. The average Bonchev–Trinajstić information content (AvgIpc) is 2.00. The van der Waals surface area contributed by atoms with Gasteiger partial charge in [0.05, 0.1) is 0 Å². The van der Waals surface area contributed by atoms with Gasteiger partial charge >= 0.3 is 17.9 Å². The van der Waals surface area contributed by atoms with Gasteiger partial charge in [-0.25, -0.2) is 14.4 Å². The minimum Gasteiger partial charge on any atom is -0.554 e. The second-order valence-corrected chi connectivity index (χ2v) is 2.56. The van der Waals surface area contributed by atoms with Crippen LogP contribution in [0.15, 0.2) is 0 Å². The summed E-state index contributed by atoms with van der Waals surface area (Å²) < 4.78 is 0. The molecule has 0 aliphatic carbocycles. The first-order valence-electron chi connectivity index (χ1n) is 3.88. The van der Waals surface area contributed by atoms with Crippen molar-refractivity contribution in [3.8, 4) is 0 Å². The second kappa shape index (κ2) is 9.40. The molecular formula is C7H11NO8. The molecule has 0 amide bonds. The van der Waals surface area contributed by atoms with Gasteiger partial charge in [-0.1, -0.05) is 0 Å². The fraction of sp³-hybridized carbons (Fsp3) is 0.429. The quantitative estimate of drug-likeness (QED) is 0.336. The molecule has 0 bridgehead atoms. The van der Waals surface area contributed by atoms with Crippen LogP contribution in [0.5, 0.6) is 0 Å². The Bertz CT molecular complexity index is 225. The molecule has 0 aliphatic rings. The van der Waals surface area contributed by atoms with Gasteiger partial charge in [0.25, 0.3) is 0 Å². The minimum absolute atomic E-state index is 0.0208. The summed E-state index contributed by atoms with van der Waals surface area (Å²) in [6, 6.07) is 0. The van der Waals surface area contributed by atoms with E-state index in [0.717, 1.165) is 0 Å². The van der Waals surface area contributed by atoms with Crippen molar-refractivity contribution in [2.45, 2.75) is 0 Å². The number of carbonyl (C=O) groups excluding carboxylic acids is 1.